The molecule has 0 atom stereocenters. The predicted molar refractivity (Wildman–Crippen MR) is 69.0 cm³/mol. The SMILES string of the molecule is Cc1cccc(C(=O)N(CCCO)C(C)C)c1F. The van der Waals surface area contributed by atoms with Crippen molar-refractivity contribution in [1.82, 2.24) is 4.90 Å². The molecule has 0 spiro atoms. The lowest BCUT2D eigenvalue weighted by Crippen LogP contribution is -2.38. The normalized spacial score (nSPS) is 10.8. The van der Waals surface area contributed by atoms with Crippen LogP contribution in [-0.2, 0) is 0 Å². The highest BCUT2D eigenvalue weighted by molar-refractivity contribution is 5.94. The van der Waals surface area contributed by atoms with E-state index in [0.29, 0.717) is 18.5 Å². The van der Waals surface area contributed by atoms with Crippen molar-refractivity contribution in [3.63, 3.8) is 0 Å². The zero-order valence-electron chi connectivity index (χ0n) is 11.1. The van der Waals surface area contributed by atoms with Crippen LogP contribution in [0, 0.1) is 12.7 Å². The highest BCUT2D eigenvalue weighted by Crippen LogP contribution is 2.16. The van der Waals surface area contributed by atoms with Crippen LogP contribution in [-0.4, -0.2) is 35.1 Å². The van der Waals surface area contributed by atoms with Gasteiger partial charge in [0.05, 0.1) is 5.56 Å². The summed E-state index contributed by atoms with van der Waals surface area (Å²) in [7, 11) is 0. The number of benzene rings is 1. The third kappa shape index (κ3) is 3.29. The van der Waals surface area contributed by atoms with E-state index in [2.05, 4.69) is 0 Å². The molecular weight excluding hydrogens is 233 g/mol. The number of hydrogen-bond donors (Lipinski definition) is 1. The minimum atomic E-state index is -0.461. The molecule has 1 rings (SSSR count). The first-order valence-corrected chi connectivity index (χ1v) is 6.16. The highest BCUT2D eigenvalue weighted by atomic mass is 19.1. The summed E-state index contributed by atoms with van der Waals surface area (Å²) in [4.78, 5) is 13.8. The second kappa shape index (κ2) is 6.50. The Labute approximate surface area is 107 Å². The third-order valence-corrected chi connectivity index (χ3v) is 2.86. The number of hydrogen-bond acceptors (Lipinski definition) is 2. The second-order valence-electron chi connectivity index (χ2n) is 4.61. The van der Waals surface area contributed by atoms with Crippen LogP contribution >= 0.6 is 0 Å². The lowest BCUT2D eigenvalue weighted by molar-refractivity contribution is 0.0688. The molecule has 0 aliphatic heterocycles. The lowest BCUT2D eigenvalue weighted by atomic mass is 10.1. The number of carbonyl (C=O) groups is 1. The number of aliphatic hydroxyl groups is 1. The maximum atomic E-state index is 13.9. The Bertz CT molecular complexity index is 418. The van der Waals surface area contributed by atoms with Gasteiger partial charge in [0.25, 0.3) is 5.91 Å². The fourth-order valence-electron chi connectivity index (χ4n) is 1.80. The number of rotatable bonds is 5. The van der Waals surface area contributed by atoms with Gasteiger partial charge < -0.3 is 10.0 Å². The van der Waals surface area contributed by atoms with Gasteiger partial charge in [-0.3, -0.25) is 4.79 Å². The van der Waals surface area contributed by atoms with Crippen molar-refractivity contribution in [3.05, 3.63) is 35.1 Å². The van der Waals surface area contributed by atoms with E-state index >= 15 is 0 Å². The van der Waals surface area contributed by atoms with Gasteiger partial charge >= 0.3 is 0 Å². The van der Waals surface area contributed by atoms with Crippen molar-refractivity contribution in [2.24, 2.45) is 0 Å². The summed E-state index contributed by atoms with van der Waals surface area (Å²) < 4.78 is 13.9. The van der Waals surface area contributed by atoms with Crippen LogP contribution in [0.4, 0.5) is 4.39 Å². The summed E-state index contributed by atoms with van der Waals surface area (Å²) in [6.07, 6.45) is 0.497. The minimum Gasteiger partial charge on any atom is -0.396 e. The van der Waals surface area contributed by atoms with E-state index in [9.17, 15) is 9.18 Å². The second-order valence-corrected chi connectivity index (χ2v) is 4.61. The smallest absolute Gasteiger partial charge is 0.257 e. The van der Waals surface area contributed by atoms with E-state index in [-0.39, 0.29) is 24.1 Å². The Hall–Kier alpha value is -1.42. The molecule has 1 amide bonds. The molecule has 0 aromatic heterocycles. The highest BCUT2D eigenvalue weighted by Gasteiger charge is 2.21. The molecule has 0 saturated carbocycles. The molecule has 18 heavy (non-hydrogen) atoms. The zero-order valence-corrected chi connectivity index (χ0v) is 11.1. The molecule has 1 N–H and O–H groups in total. The summed E-state index contributed by atoms with van der Waals surface area (Å²) in [6.45, 7) is 5.85. The molecule has 100 valence electrons. The van der Waals surface area contributed by atoms with Crippen LogP contribution in [0.15, 0.2) is 18.2 Å². The van der Waals surface area contributed by atoms with Crippen molar-refractivity contribution in [3.8, 4) is 0 Å². The Morgan fingerprint density at radius 1 is 1.44 bits per heavy atom. The van der Waals surface area contributed by atoms with Gasteiger partial charge in [-0.15, -0.1) is 0 Å². The molecule has 1 aromatic carbocycles. The van der Waals surface area contributed by atoms with Gasteiger partial charge in [0.15, 0.2) is 0 Å². The number of aliphatic hydroxyl groups excluding tert-OH is 1. The molecular formula is C14H20FNO2. The maximum Gasteiger partial charge on any atom is 0.257 e. The summed E-state index contributed by atoms with van der Waals surface area (Å²) in [5.74, 6) is -0.781. The largest absolute Gasteiger partial charge is 0.396 e. The summed E-state index contributed by atoms with van der Waals surface area (Å²) in [5.41, 5.74) is 0.563. The molecule has 0 unspecified atom stereocenters. The van der Waals surface area contributed by atoms with Gasteiger partial charge in [0, 0.05) is 19.2 Å². The lowest BCUT2D eigenvalue weighted by Gasteiger charge is -2.27. The Kier molecular flexibility index (Phi) is 5.28. The minimum absolute atomic E-state index is 0.0206. The van der Waals surface area contributed by atoms with Crippen molar-refractivity contribution in [2.45, 2.75) is 33.2 Å². The Morgan fingerprint density at radius 2 is 2.11 bits per heavy atom. The molecule has 0 saturated heterocycles. The topological polar surface area (TPSA) is 40.5 Å². The number of aryl methyl sites for hydroxylation is 1. The molecule has 0 aliphatic carbocycles. The fourth-order valence-corrected chi connectivity index (χ4v) is 1.80. The molecule has 0 fully saturated rings. The van der Waals surface area contributed by atoms with E-state index in [1.54, 1.807) is 24.0 Å². The monoisotopic (exact) mass is 253 g/mol. The van der Waals surface area contributed by atoms with E-state index in [1.165, 1.54) is 6.07 Å². The summed E-state index contributed by atoms with van der Waals surface area (Å²) in [5, 5.41) is 8.84. The third-order valence-electron chi connectivity index (χ3n) is 2.86. The van der Waals surface area contributed by atoms with E-state index in [0.717, 1.165) is 0 Å². The van der Waals surface area contributed by atoms with Crippen LogP contribution in [0.3, 0.4) is 0 Å². The number of carbonyl (C=O) groups excluding carboxylic acids is 1. The average Bonchev–Trinajstić information content (AvgIpc) is 2.32. The predicted octanol–water partition coefficient (Wildman–Crippen LogP) is 2.37. The average molecular weight is 253 g/mol. The Morgan fingerprint density at radius 3 is 2.67 bits per heavy atom. The summed E-state index contributed by atoms with van der Waals surface area (Å²) >= 11 is 0. The van der Waals surface area contributed by atoms with Crippen LogP contribution in [0.2, 0.25) is 0 Å². The van der Waals surface area contributed by atoms with Crippen molar-refractivity contribution >= 4 is 5.91 Å². The molecule has 0 radical (unpaired) electrons. The maximum absolute atomic E-state index is 13.9. The first-order chi connectivity index (χ1) is 8.49. The standard InChI is InChI=1S/C14H20FNO2/c1-10(2)16(8-5-9-17)14(18)12-7-4-6-11(3)13(12)15/h4,6-7,10,17H,5,8-9H2,1-3H3. The van der Waals surface area contributed by atoms with Crippen LogP contribution < -0.4 is 0 Å². The van der Waals surface area contributed by atoms with Gasteiger partial charge in [-0.2, -0.15) is 0 Å². The van der Waals surface area contributed by atoms with Crippen LogP contribution in [0.25, 0.3) is 0 Å². The van der Waals surface area contributed by atoms with Crippen LogP contribution in [0.5, 0.6) is 0 Å². The summed E-state index contributed by atoms with van der Waals surface area (Å²) in [6, 6.07) is 4.79. The van der Waals surface area contributed by atoms with Gasteiger partial charge in [-0.05, 0) is 38.8 Å². The number of amides is 1. The van der Waals surface area contributed by atoms with E-state index in [1.807, 2.05) is 13.8 Å². The fraction of sp³-hybridized carbons (Fsp3) is 0.500. The molecule has 1 aromatic rings. The van der Waals surface area contributed by atoms with Gasteiger partial charge in [-0.1, -0.05) is 12.1 Å². The number of nitrogens with zero attached hydrogens (tertiary/aromatic N) is 1. The van der Waals surface area contributed by atoms with Crippen molar-refractivity contribution in [1.29, 1.82) is 0 Å². The molecule has 0 bridgehead atoms. The molecule has 0 heterocycles. The van der Waals surface area contributed by atoms with Crippen molar-refractivity contribution in [2.75, 3.05) is 13.2 Å². The van der Waals surface area contributed by atoms with Gasteiger partial charge in [0.1, 0.15) is 5.82 Å². The molecule has 3 nitrogen and oxygen atoms in total. The Balaban J connectivity index is 2.98. The first kappa shape index (κ1) is 14.6. The van der Waals surface area contributed by atoms with E-state index in [4.69, 9.17) is 5.11 Å². The van der Waals surface area contributed by atoms with E-state index < -0.39 is 5.82 Å². The molecule has 0 aliphatic rings. The van der Waals surface area contributed by atoms with Crippen LogP contribution in [0.1, 0.15) is 36.2 Å². The zero-order chi connectivity index (χ0) is 13.7. The van der Waals surface area contributed by atoms with Gasteiger partial charge in [0.2, 0.25) is 0 Å². The first-order valence-electron chi connectivity index (χ1n) is 6.16. The molecule has 4 heteroatoms. The van der Waals surface area contributed by atoms with Gasteiger partial charge in [-0.25, -0.2) is 4.39 Å². The quantitative estimate of drug-likeness (QED) is 0.875. The number of halogens is 1. The van der Waals surface area contributed by atoms with Crippen molar-refractivity contribution < 1.29 is 14.3 Å².